The molecule has 4 rings (SSSR count). The van der Waals surface area contributed by atoms with Crippen LogP contribution >= 0.6 is 22.6 Å². The van der Waals surface area contributed by atoms with Crippen LogP contribution in [0.2, 0.25) is 0 Å². The lowest BCUT2D eigenvalue weighted by Crippen LogP contribution is -2.39. The third-order valence-corrected chi connectivity index (χ3v) is 5.53. The van der Waals surface area contributed by atoms with Crippen molar-refractivity contribution in [2.75, 3.05) is 18.4 Å². The quantitative estimate of drug-likeness (QED) is 0.690. The van der Waals surface area contributed by atoms with Crippen molar-refractivity contribution in [1.82, 2.24) is 4.90 Å². The third kappa shape index (κ3) is 3.16. The van der Waals surface area contributed by atoms with Crippen LogP contribution < -0.4 is 5.32 Å². The first-order valence-electron chi connectivity index (χ1n) is 8.85. The second-order valence-electron chi connectivity index (χ2n) is 6.61. The summed E-state index contributed by atoms with van der Waals surface area (Å²) < 4.78 is 1.07. The average Bonchev–Trinajstić information content (AvgIpc) is 2.67. The molecule has 0 bridgehead atoms. The molecule has 26 heavy (non-hydrogen) atoms. The molecule has 2 aliphatic rings. The van der Waals surface area contributed by atoms with Crippen LogP contribution in [-0.2, 0) is 0 Å². The first-order chi connectivity index (χ1) is 12.6. The minimum Gasteiger partial charge on any atom is -0.367 e. The molecule has 1 N–H and O–H groups in total. The molecule has 1 saturated heterocycles. The number of fused-ring (bicyclic) bond motifs is 1. The van der Waals surface area contributed by atoms with Gasteiger partial charge in [0.1, 0.15) is 11.4 Å². The van der Waals surface area contributed by atoms with Gasteiger partial charge in [-0.05, 0) is 60.1 Å². The molecule has 0 atom stereocenters. The SMILES string of the molecule is O=C1C(Nc2cccc(I)c2)=C(N2CCCCC2)C(=O)c2ccccc21. The Balaban J connectivity index is 1.82. The normalized spacial score (nSPS) is 17.3. The van der Waals surface area contributed by atoms with Crippen molar-refractivity contribution >= 4 is 39.8 Å². The number of piperidine rings is 1. The molecule has 0 amide bonds. The Kier molecular flexibility index (Phi) is 4.80. The van der Waals surface area contributed by atoms with Gasteiger partial charge < -0.3 is 10.2 Å². The molecule has 132 valence electrons. The van der Waals surface area contributed by atoms with Crippen molar-refractivity contribution in [1.29, 1.82) is 0 Å². The summed E-state index contributed by atoms with van der Waals surface area (Å²) in [6, 6.07) is 14.9. The van der Waals surface area contributed by atoms with E-state index in [-0.39, 0.29) is 11.6 Å². The average molecular weight is 458 g/mol. The van der Waals surface area contributed by atoms with Gasteiger partial charge in [-0.2, -0.15) is 0 Å². The van der Waals surface area contributed by atoms with Gasteiger partial charge in [-0.1, -0.05) is 30.3 Å². The lowest BCUT2D eigenvalue weighted by atomic mass is 9.89. The second kappa shape index (κ2) is 7.23. The van der Waals surface area contributed by atoms with Crippen molar-refractivity contribution < 1.29 is 9.59 Å². The summed E-state index contributed by atoms with van der Waals surface area (Å²) >= 11 is 2.24. The number of carbonyl (C=O) groups is 2. The molecule has 5 heteroatoms. The highest BCUT2D eigenvalue weighted by molar-refractivity contribution is 14.1. The van der Waals surface area contributed by atoms with Crippen LogP contribution in [-0.4, -0.2) is 29.6 Å². The molecule has 1 aliphatic carbocycles. The van der Waals surface area contributed by atoms with E-state index in [9.17, 15) is 9.59 Å². The standard InChI is InChI=1S/C21H19IN2O2/c22-14-7-6-8-15(13-14)23-18-19(24-11-4-1-5-12-24)21(26)17-10-3-2-9-16(17)20(18)25/h2-3,6-10,13,23H,1,4-5,11-12H2. The minimum atomic E-state index is -0.111. The topological polar surface area (TPSA) is 49.4 Å². The molecule has 1 fully saturated rings. The van der Waals surface area contributed by atoms with Crippen LogP contribution in [0.15, 0.2) is 59.9 Å². The van der Waals surface area contributed by atoms with Gasteiger partial charge in [-0.3, -0.25) is 9.59 Å². The zero-order chi connectivity index (χ0) is 18.1. The Morgan fingerprint density at radius 3 is 2.23 bits per heavy atom. The summed E-state index contributed by atoms with van der Waals surface area (Å²) in [4.78, 5) is 28.5. The number of halogens is 1. The molecule has 4 nitrogen and oxygen atoms in total. The second-order valence-corrected chi connectivity index (χ2v) is 7.86. The number of hydrogen-bond acceptors (Lipinski definition) is 4. The van der Waals surface area contributed by atoms with Gasteiger partial charge in [-0.25, -0.2) is 0 Å². The van der Waals surface area contributed by atoms with Gasteiger partial charge in [-0.15, -0.1) is 0 Å². The van der Waals surface area contributed by atoms with Crippen LogP contribution in [0.1, 0.15) is 40.0 Å². The van der Waals surface area contributed by atoms with Crippen molar-refractivity contribution in [3.8, 4) is 0 Å². The Bertz CT molecular complexity index is 914. The Morgan fingerprint density at radius 2 is 1.54 bits per heavy atom. The highest BCUT2D eigenvalue weighted by atomic mass is 127. The van der Waals surface area contributed by atoms with E-state index in [1.54, 1.807) is 18.2 Å². The molecule has 0 aromatic heterocycles. The third-order valence-electron chi connectivity index (χ3n) is 4.86. The molecule has 0 radical (unpaired) electrons. The van der Waals surface area contributed by atoms with Gasteiger partial charge >= 0.3 is 0 Å². The zero-order valence-electron chi connectivity index (χ0n) is 14.3. The van der Waals surface area contributed by atoms with E-state index in [0.29, 0.717) is 22.5 Å². The van der Waals surface area contributed by atoms with E-state index >= 15 is 0 Å². The van der Waals surface area contributed by atoms with Gasteiger partial charge in [0.15, 0.2) is 0 Å². The monoisotopic (exact) mass is 458 g/mol. The molecule has 1 heterocycles. The van der Waals surface area contributed by atoms with E-state index in [0.717, 1.165) is 35.2 Å². The van der Waals surface area contributed by atoms with Gasteiger partial charge in [0.25, 0.3) is 0 Å². The zero-order valence-corrected chi connectivity index (χ0v) is 16.5. The number of likely N-dealkylation sites (tertiary alicyclic amines) is 1. The maximum atomic E-state index is 13.2. The number of carbonyl (C=O) groups excluding carboxylic acids is 2. The van der Waals surface area contributed by atoms with Crippen molar-refractivity contribution in [2.45, 2.75) is 19.3 Å². The molecule has 2 aromatic rings. The van der Waals surface area contributed by atoms with Crippen LogP contribution in [0.25, 0.3) is 0 Å². The number of ketones is 2. The van der Waals surface area contributed by atoms with Crippen LogP contribution in [0.3, 0.4) is 0 Å². The number of Topliss-reactive ketones (excluding diaryl/α,β-unsaturated/α-hetero) is 2. The first kappa shape index (κ1) is 17.3. The molecule has 0 unspecified atom stereocenters. The fourth-order valence-corrected chi connectivity index (χ4v) is 4.15. The van der Waals surface area contributed by atoms with Crippen molar-refractivity contribution in [3.63, 3.8) is 0 Å². The van der Waals surface area contributed by atoms with E-state index < -0.39 is 0 Å². The Hall–Kier alpha value is -2.15. The highest BCUT2D eigenvalue weighted by Gasteiger charge is 2.35. The summed E-state index contributed by atoms with van der Waals surface area (Å²) in [5.41, 5.74) is 2.73. The molecule has 0 spiro atoms. The van der Waals surface area contributed by atoms with E-state index in [4.69, 9.17) is 0 Å². The fourth-order valence-electron chi connectivity index (χ4n) is 3.61. The number of hydrogen-bond donors (Lipinski definition) is 1. The van der Waals surface area contributed by atoms with Crippen LogP contribution in [0.4, 0.5) is 5.69 Å². The molecule has 2 aromatic carbocycles. The van der Waals surface area contributed by atoms with Crippen LogP contribution in [0.5, 0.6) is 0 Å². The summed E-state index contributed by atoms with van der Waals surface area (Å²) in [7, 11) is 0. The predicted octanol–water partition coefficient (Wildman–Crippen LogP) is 4.48. The maximum Gasteiger partial charge on any atom is 0.212 e. The van der Waals surface area contributed by atoms with Gasteiger partial charge in [0.2, 0.25) is 11.6 Å². The molecule has 0 saturated carbocycles. The summed E-state index contributed by atoms with van der Waals surface area (Å²) in [5.74, 6) is -0.171. The fraction of sp³-hybridized carbons (Fsp3) is 0.238. The number of allylic oxidation sites excluding steroid dienone is 2. The number of nitrogens with one attached hydrogen (secondary N) is 1. The van der Waals surface area contributed by atoms with Crippen molar-refractivity contribution in [3.05, 3.63) is 74.6 Å². The summed E-state index contributed by atoms with van der Waals surface area (Å²) in [5, 5.41) is 3.25. The number of rotatable bonds is 3. The first-order valence-corrected chi connectivity index (χ1v) is 9.93. The summed E-state index contributed by atoms with van der Waals surface area (Å²) in [6.07, 6.45) is 3.26. The molecular weight excluding hydrogens is 439 g/mol. The highest BCUT2D eigenvalue weighted by Crippen LogP contribution is 2.31. The molecular formula is C21H19IN2O2. The predicted molar refractivity (Wildman–Crippen MR) is 110 cm³/mol. The lowest BCUT2D eigenvalue weighted by Gasteiger charge is -2.34. The largest absolute Gasteiger partial charge is 0.367 e. The Labute approximate surface area is 166 Å². The van der Waals surface area contributed by atoms with Gasteiger partial charge in [0.05, 0.1) is 0 Å². The number of nitrogens with zero attached hydrogens (tertiary/aromatic N) is 1. The lowest BCUT2D eigenvalue weighted by molar-refractivity contribution is 0.0935. The molecule has 1 aliphatic heterocycles. The van der Waals surface area contributed by atoms with Crippen molar-refractivity contribution in [2.24, 2.45) is 0 Å². The van der Waals surface area contributed by atoms with E-state index in [2.05, 4.69) is 32.8 Å². The summed E-state index contributed by atoms with van der Waals surface area (Å²) in [6.45, 7) is 1.63. The maximum absolute atomic E-state index is 13.2. The smallest absolute Gasteiger partial charge is 0.212 e. The van der Waals surface area contributed by atoms with Crippen LogP contribution in [0, 0.1) is 3.57 Å². The van der Waals surface area contributed by atoms with E-state index in [1.807, 2.05) is 30.3 Å². The number of benzene rings is 2. The Morgan fingerprint density at radius 1 is 0.846 bits per heavy atom. The minimum absolute atomic E-state index is 0.0600. The van der Waals surface area contributed by atoms with E-state index in [1.165, 1.54) is 6.42 Å². The van der Waals surface area contributed by atoms with Gasteiger partial charge in [0, 0.05) is 33.5 Å². The number of anilines is 1.